The number of ether oxygens (including phenoxy) is 1. The number of hydrogen-bond donors (Lipinski definition) is 1. The van der Waals surface area contributed by atoms with Crippen LogP contribution >= 0.6 is 11.6 Å². The van der Waals surface area contributed by atoms with E-state index < -0.39 is 10.0 Å². The van der Waals surface area contributed by atoms with Crippen LogP contribution in [-0.2, 0) is 10.0 Å². The van der Waals surface area contributed by atoms with E-state index in [0.717, 1.165) is 0 Å². The van der Waals surface area contributed by atoms with Crippen LogP contribution in [0.5, 0.6) is 5.75 Å². The Labute approximate surface area is 94.0 Å². The zero-order valence-corrected chi connectivity index (χ0v) is 10.0. The Hall–Kier alpha value is -0.780. The lowest BCUT2D eigenvalue weighted by molar-refractivity contribution is 0.340. The van der Waals surface area contributed by atoms with Crippen LogP contribution in [0.3, 0.4) is 0 Å². The number of nitrogens with two attached hydrogens (primary N) is 1. The SMILES string of the molecule is CCOc1cc(C)c(S(N)(=O)=O)cc1Cl. The zero-order chi connectivity index (χ0) is 11.6. The predicted octanol–water partition coefficient (Wildman–Crippen LogP) is 1.69. The standard InChI is InChI=1S/C9H12ClNO3S/c1-3-14-8-4-6(2)9(5-7(8)10)15(11,12)13/h4-5H,3H2,1-2H3,(H2,11,12,13). The Morgan fingerprint density at radius 3 is 2.53 bits per heavy atom. The average molecular weight is 250 g/mol. The molecular weight excluding hydrogens is 238 g/mol. The Bertz CT molecular complexity index is 470. The zero-order valence-electron chi connectivity index (χ0n) is 8.45. The first-order valence-corrected chi connectivity index (χ1v) is 6.24. The summed E-state index contributed by atoms with van der Waals surface area (Å²) in [5, 5.41) is 5.27. The summed E-state index contributed by atoms with van der Waals surface area (Å²) in [6, 6.07) is 2.86. The summed E-state index contributed by atoms with van der Waals surface area (Å²) in [7, 11) is -3.73. The third-order valence-corrected chi connectivity index (χ3v) is 3.18. The van der Waals surface area contributed by atoms with E-state index in [2.05, 4.69) is 0 Å². The van der Waals surface area contributed by atoms with Gasteiger partial charge in [-0.3, -0.25) is 0 Å². The Morgan fingerprint density at radius 1 is 1.47 bits per heavy atom. The molecule has 0 amide bonds. The second kappa shape index (κ2) is 4.38. The Morgan fingerprint density at radius 2 is 2.07 bits per heavy atom. The molecule has 0 radical (unpaired) electrons. The largest absolute Gasteiger partial charge is 0.492 e. The van der Waals surface area contributed by atoms with Crippen molar-refractivity contribution in [3.63, 3.8) is 0 Å². The molecule has 1 rings (SSSR count). The second-order valence-corrected chi connectivity index (χ2v) is 4.96. The van der Waals surface area contributed by atoms with Crippen molar-refractivity contribution >= 4 is 21.6 Å². The number of benzene rings is 1. The van der Waals surface area contributed by atoms with Crippen molar-refractivity contribution < 1.29 is 13.2 Å². The lowest BCUT2D eigenvalue weighted by atomic mass is 10.2. The number of sulfonamides is 1. The monoisotopic (exact) mass is 249 g/mol. The number of rotatable bonds is 3. The van der Waals surface area contributed by atoms with Crippen LogP contribution in [-0.4, -0.2) is 15.0 Å². The van der Waals surface area contributed by atoms with Gasteiger partial charge in [0.2, 0.25) is 10.0 Å². The Kier molecular flexibility index (Phi) is 3.59. The molecule has 0 aromatic heterocycles. The van der Waals surface area contributed by atoms with E-state index in [0.29, 0.717) is 17.9 Å². The van der Waals surface area contributed by atoms with E-state index in [1.807, 2.05) is 6.92 Å². The maximum Gasteiger partial charge on any atom is 0.238 e. The highest BCUT2D eigenvalue weighted by molar-refractivity contribution is 7.89. The molecule has 84 valence electrons. The van der Waals surface area contributed by atoms with Gasteiger partial charge in [-0.1, -0.05) is 11.6 Å². The second-order valence-electron chi connectivity index (χ2n) is 3.03. The lowest BCUT2D eigenvalue weighted by Crippen LogP contribution is -2.13. The van der Waals surface area contributed by atoms with Gasteiger partial charge in [-0.25, -0.2) is 13.6 Å². The van der Waals surface area contributed by atoms with Crippen molar-refractivity contribution in [2.24, 2.45) is 5.14 Å². The topological polar surface area (TPSA) is 69.4 Å². The summed E-state index contributed by atoms with van der Waals surface area (Å²) < 4.78 is 27.5. The minimum absolute atomic E-state index is 0.0240. The van der Waals surface area contributed by atoms with Gasteiger partial charge in [0, 0.05) is 0 Å². The molecule has 0 aliphatic heterocycles. The molecule has 2 N–H and O–H groups in total. The average Bonchev–Trinajstić information content (AvgIpc) is 2.09. The summed E-state index contributed by atoms with van der Waals surface area (Å²) >= 11 is 5.84. The first-order valence-electron chi connectivity index (χ1n) is 4.32. The molecule has 0 bridgehead atoms. The molecule has 1 aromatic carbocycles. The van der Waals surface area contributed by atoms with Crippen LogP contribution in [0, 0.1) is 6.92 Å². The van der Waals surface area contributed by atoms with E-state index in [4.69, 9.17) is 21.5 Å². The molecule has 0 aliphatic rings. The molecule has 0 saturated carbocycles. The molecule has 0 aliphatic carbocycles. The molecule has 6 heteroatoms. The molecule has 0 atom stereocenters. The highest BCUT2D eigenvalue weighted by Crippen LogP contribution is 2.29. The number of aryl methyl sites for hydroxylation is 1. The van der Waals surface area contributed by atoms with Crippen molar-refractivity contribution in [2.45, 2.75) is 18.7 Å². The molecule has 0 heterocycles. The fourth-order valence-electron chi connectivity index (χ4n) is 1.21. The van der Waals surface area contributed by atoms with Crippen LogP contribution in [0.4, 0.5) is 0 Å². The van der Waals surface area contributed by atoms with Crippen LogP contribution in [0.15, 0.2) is 17.0 Å². The van der Waals surface area contributed by atoms with Gasteiger partial charge in [0.25, 0.3) is 0 Å². The third kappa shape index (κ3) is 2.84. The quantitative estimate of drug-likeness (QED) is 0.886. The van der Waals surface area contributed by atoms with E-state index in [1.165, 1.54) is 6.07 Å². The van der Waals surface area contributed by atoms with Gasteiger partial charge in [-0.15, -0.1) is 0 Å². The summed E-state index contributed by atoms with van der Waals surface area (Å²) in [6.45, 7) is 3.92. The van der Waals surface area contributed by atoms with Crippen molar-refractivity contribution in [2.75, 3.05) is 6.61 Å². The van der Waals surface area contributed by atoms with Crippen molar-refractivity contribution in [1.29, 1.82) is 0 Å². The third-order valence-electron chi connectivity index (χ3n) is 1.84. The van der Waals surface area contributed by atoms with Crippen LogP contribution < -0.4 is 9.88 Å². The maximum absolute atomic E-state index is 11.2. The number of halogens is 1. The number of hydrogen-bond acceptors (Lipinski definition) is 3. The number of primary sulfonamides is 1. The summed E-state index contributed by atoms with van der Waals surface area (Å²) in [4.78, 5) is 0.0240. The van der Waals surface area contributed by atoms with Crippen molar-refractivity contribution in [3.8, 4) is 5.75 Å². The van der Waals surface area contributed by atoms with Gasteiger partial charge in [-0.2, -0.15) is 0 Å². The maximum atomic E-state index is 11.2. The molecular formula is C9H12ClNO3S. The van der Waals surface area contributed by atoms with Gasteiger partial charge in [-0.05, 0) is 31.5 Å². The molecule has 0 spiro atoms. The van der Waals surface area contributed by atoms with Crippen molar-refractivity contribution in [3.05, 3.63) is 22.7 Å². The first kappa shape index (κ1) is 12.3. The molecule has 0 saturated heterocycles. The van der Waals surface area contributed by atoms with Gasteiger partial charge in [0.05, 0.1) is 16.5 Å². The van der Waals surface area contributed by atoms with Gasteiger partial charge in [0.15, 0.2) is 0 Å². The molecule has 4 nitrogen and oxygen atoms in total. The summed E-state index contributed by atoms with van der Waals surface area (Å²) in [6.07, 6.45) is 0. The minimum Gasteiger partial charge on any atom is -0.492 e. The normalized spacial score (nSPS) is 11.5. The highest BCUT2D eigenvalue weighted by atomic mass is 35.5. The van der Waals surface area contributed by atoms with Crippen LogP contribution in [0.2, 0.25) is 5.02 Å². The molecule has 0 unspecified atom stereocenters. The lowest BCUT2D eigenvalue weighted by Gasteiger charge is -2.09. The van der Waals surface area contributed by atoms with E-state index >= 15 is 0 Å². The van der Waals surface area contributed by atoms with Crippen LogP contribution in [0.1, 0.15) is 12.5 Å². The minimum atomic E-state index is -3.73. The van der Waals surface area contributed by atoms with E-state index in [-0.39, 0.29) is 9.92 Å². The fourth-order valence-corrected chi connectivity index (χ4v) is 2.28. The summed E-state index contributed by atoms with van der Waals surface area (Å²) in [5.41, 5.74) is 0.519. The fraction of sp³-hybridized carbons (Fsp3) is 0.333. The first-order chi connectivity index (χ1) is 6.86. The summed E-state index contributed by atoms with van der Waals surface area (Å²) in [5.74, 6) is 0.462. The highest BCUT2D eigenvalue weighted by Gasteiger charge is 2.14. The molecule has 15 heavy (non-hydrogen) atoms. The van der Waals surface area contributed by atoms with Crippen molar-refractivity contribution in [1.82, 2.24) is 0 Å². The Balaban J connectivity index is 3.32. The van der Waals surface area contributed by atoms with E-state index in [1.54, 1.807) is 13.0 Å². The van der Waals surface area contributed by atoms with Crippen LogP contribution in [0.25, 0.3) is 0 Å². The van der Waals surface area contributed by atoms with Gasteiger partial charge in [0.1, 0.15) is 5.75 Å². The molecule has 1 aromatic rings. The van der Waals surface area contributed by atoms with Gasteiger partial charge < -0.3 is 4.74 Å². The smallest absolute Gasteiger partial charge is 0.238 e. The predicted molar refractivity (Wildman–Crippen MR) is 58.7 cm³/mol. The van der Waals surface area contributed by atoms with E-state index in [9.17, 15) is 8.42 Å². The molecule has 0 fully saturated rings. The van der Waals surface area contributed by atoms with Gasteiger partial charge >= 0.3 is 0 Å².